The van der Waals surface area contributed by atoms with Gasteiger partial charge in [0, 0.05) is 13.5 Å². The van der Waals surface area contributed by atoms with Crippen molar-refractivity contribution >= 4 is 10.8 Å². The van der Waals surface area contributed by atoms with Gasteiger partial charge < -0.3 is 9.84 Å². The molecule has 0 spiro atoms. The normalized spacial score (nSPS) is 12.9. The summed E-state index contributed by atoms with van der Waals surface area (Å²) >= 11 is 0. The van der Waals surface area contributed by atoms with Gasteiger partial charge in [0.1, 0.15) is 0 Å². The number of hydrogen-bond acceptors (Lipinski definition) is 2. The number of rotatable bonds is 4. The van der Waals surface area contributed by atoms with Gasteiger partial charge in [0.25, 0.3) is 0 Å². The molecule has 2 nitrogen and oxygen atoms in total. The minimum Gasteiger partial charge on any atom is -0.390 e. The molecular weight excluding hydrogens is 200 g/mol. The fraction of sp³-hybridized carbons (Fsp3) is 0.286. The third-order valence-electron chi connectivity index (χ3n) is 2.64. The summed E-state index contributed by atoms with van der Waals surface area (Å²) in [6.07, 6.45) is 0.213. The number of benzene rings is 2. The molecule has 2 aromatic carbocycles. The van der Waals surface area contributed by atoms with Gasteiger partial charge in [0.05, 0.1) is 12.7 Å². The Bertz CT molecular complexity index is 465. The Kier molecular flexibility index (Phi) is 3.54. The lowest BCUT2D eigenvalue weighted by Gasteiger charge is -2.09. The second kappa shape index (κ2) is 5.10. The molecule has 0 saturated carbocycles. The average molecular weight is 216 g/mol. The van der Waals surface area contributed by atoms with Crippen molar-refractivity contribution in [2.45, 2.75) is 12.5 Å². The van der Waals surface area contributed by atoms with Crippen LogP contribution in [0, 0.1) is 0 Å². The first-order valence-electron chi connectivity index (χ1n) is 5.44. The minimum atomic E-state index is -0.425. The predicted molar refractivity (Wildman–Crippen MR) is 65.5 cm³/mol. The van der Waals surface area contributed by atoms with Gasteiger partial charge in [-0.15, -0.1) is 0 Å². The van der Waals surface area contributed by atoms with Crippen LogP contribution in [0.1, 0.15) is 5.56 Å². The van der Waals surface area contributed by atoms with Crippen LogP contribution in [0.15, 0.2) is 42.5 Å². The van der Waals surface area contributed by atoms with E-state index in [2.05, 4.69) is 30.3 Å². The molecule has 0 aromatic heterocycles. The molecule has 0 heterocycles. The molecule has 1 unspecified atom stereocenters. The highest BCUT2D eigenvalue weighted by Gasteiger charge is 2.05. The van der Waals surface area contributed by atoms with Gasteiger partial charge >= 0.3 is 0 Å². The molecule has 16 heavy (non-hydrogen) atoms. The Labute approximate surface area is 95.5 Å². The molecule has 2 heteroatoms. The largest absolute Gasteiger partial charge is 0.390 e. The number of ether oxygens (including phenoxy) is 1. The quantitative estimate of drug-likeness (QED) is 0.850. The lowest BCUT2D eigenvalue weighted by Crippen LogP contribution is -2.16. The Balaban J connectivity index is 2.19. The van der Waals surface area contributed by atoms with Crippen molar-refractivity contribution in [1.82, 2.24) is 0 Å². The first-order chi connectivity index (χ1) is 7.79. The average Bonchev–Trinajstić information content (AvgIpc) is 2.29. The van der Waals surface area contributed by atoms with Crippen molar-refractivity contribution in [2.24, 2.45) is 0 Å². The van der Waals surface area contributed by atoms with Crippen LogP contribution in [0.4, 0.5) is 0 Å². The van der Waals surface area contributed by atoms with E-state index in [0.29, 0.717) is 13.0 Å². The zero-order valence-corrected chi connectivity index (χ0v) is 9.39. The summed E-state index contributed by atoms with van der Waals surface area (Å²) in [7, 11) is 1.60. The van der Waals surface area contributed by atoms with Crippen LogP contribution in [0.5, 0.6) is 0 Å². The van der Waals surface area contributed by atoms with Gasteiger partial charge in [-0.25, -0.2) is 0 Å². The summed E-state index contributed by atoms with van der Waals surface area (Å²) in [5.41, 5.74) is 1.14. The van der Waals surface area contributed by atoms with Crippen molar-refractivity contribution in [1.29, 1.82) is 0 Å². The third-order valence-corrected chi connectivity index (χ3v) is 2.64. The van der Waals surface area contributed by atoms with Crippen molar-refractivity contribution < 1.29 is 9.84 Å². The maximum absolute atomic E-state index is 9.65. The monoisotopic (exact) mass is 216 g/mol. The molecule has 0 bridgehead atoms. The number of fused-ring (bicyclic) bond motifs is 1. The Hall–Kier alpha value is -1.38. The first-order valence-corrected chi connectivity index (χ1v) is 5.44. The summed E-state index contributed by atoms with van der Waals surface area (Å²) in [5, 5.41) is 12.1. The summed E-state index contributed by atoms with van der Waals surface area (Å²) in [4.78, 5) is 0. The van der Waals surface area contributed by atoms with Crippen molar-refractivity contribution in [3.63, 3.8) is 0 Å². The van der Waals surface area contributed by atoms with Crippen LogP contribution in [-0.2, 0) is 11.2 Å². The minimum absolute atomic E-state index is 0.382. The summed E-state index contributed by atoms with van der Waals surface area (Å²) in [6.45, 7) is 0.382. The van der Waals surface area contributed by atoms with Crippen molar-refractivity contribution in [3.05, 3.63) is 48.0 Å². The molecule has 0 radical (unpaired) electrons. The molecule has 0 aliphatic rings. The lowest BCUT2D eigenvalue weighted by molar-refractivity contribution is 0.0650. The van der Waals surface area contributed by atoms with Gasteiger partial charge in [0.2, 0.25) is 0 Å². The highest BCUT2D eigenvalue weighted by molar-refractivity contribution is 5.82. The number of aliphatic hydroxyl groups excluding tert-OH is 1. The number of aliphatic hydroxyl groups is 1. The van der Waals surface area contributed by atoms with Gasteiger partial charge in [-0.05, 0) is 16.3 Å². The van der Waals surface area contributed by atoms with E-state index in [-0.39, 0.29) is 0 Å². The molecule has 0 saturated heterocycles. The molecule has 2 aromatic rings. The zero-order chi connectivity index (χ0) is 11.4. The van der Waals surface area contributed by atoms with Crippen LogP contribution >= 0.6 is 0 Å². The van der Waals surface area contributed by atoms with E-state index in [1.807, 2.05) is 12.1 Å². The number of methoxy groups -OCH3 is 1. The Morgan fingerprint density at radius 3 is 2.62 bits per heavy atom. The van der Waals surface area contributed by atoms with Crippen LogP contribution in [0.25, 0.3) is 10.8 Å². The molecule has 1 N–H and O–H groups in total. The molecule has 0 amide bonds. The summed E-state index contributed by atoms with van der Waals surface area (Å²) in [6, 6.07) is 14.5. The smallest absolute Gasteiger partial charge is 0.0813 e. The van der Waals surface area contributed by atoms with E-state index in [1.165, 1.54) is 10.8 Å². The van der Waals surface area contributed by atoms with E-state index in [1.54, 1.807) is 7.11 Å². The molecule has 0 aliphatic heterocycles. The fourth-order valence-electron chi connectivity index (χ4n) is 1.89. The first kappa shape index (κ1) is 11.1. The van der Waals surface area contributed by atoms with Crippen LogP contribution < -0.4 is 0 Å². The maximum atomic E-state index is 9.65. The highest BCUT2D eigenvalue weighted by Crippen LogP contribution is 2.16. The van der Waals surface area contributed by atoms with Crippen molar-refractivity contribution in [3.8, 4) is 0 Å². The standard InChI is InChI=1S/C14H16O2/c1-16-10-14(15)9-11-6-7-12-4-2-3-5-13(12)8-11/h2-8,14-15H,9-10H2,1H3. The van der Waals surface area contributed by atoms with Crippen LogP contribution in [0.3, 0.4) is 0 Å². The Morgan fingerprint density at radius 1 is 1.12 bits per heavy atom. The van der Waals surface area contributed by atoms with Gasteiger partial charge in [-0.2, -0.15) is 0 Å². The van der Waals surface area contributed by atoms with E-state index >= 15 is 0 Å². The van der Waals surface area contributed by atoms with E-state index in [4.69, 9.17) is 4.74 Å². The SMILES string of the molecule is COCC(O)Cc1ccc2ccccc2c1. The number of hydrogen-bond donors (Lipinski definition) is 1. The highest BCUT2D eigenvalue weighted by atomic mass is 16.5. The predicted octanol–water partition coefficient (Wildman–Crippen LogP) is 2.39. The third kappa shape index (κ3) is 2.60. The molecule has 0 fully saturated rings. The molecule has 0 aliphatic carbocycles. The van der Waals surface area contributed by atoms with Crippen LogP contribution in [0.2, 0.25) is 0 Å². The van der Waals surface area contributed by atoms with Crippen LogP contribution in [-0.4, -0.2) is 24.9 Å². The van der Waals surface area contributed by atoms with Gasteiger partial charge in [-0.3, -0.25) is 0 Å². The molecule has 1 atom stereocenters. The molecule has 84 valence electrons. The van der Waals surface area contributed by atoms with E-state index < -0.39 is 6.10 Å². The van der Waals surface area contributed by atoms with Crippen molar-refractivity contribution in [2.75, 3.05) is 13.7 Å². The van der Waals surface area contributed by atoms with Gasteiger partial charge in [-0.1, -0.05) is 42.5 Å². The topological polar surface area (TPSA) is 29.5 Å². The molecular formula is C14H16O2. The van der Waals surface area contributed by atoms with E-state index in [9.17, 15) is 5.11 Å². The summed E-state index contributed by atoms with van der Waals surface area (Å²) in [5.74, 6) is 0. The van der Waals surface area contributed by atoms with E-state index in [0.717, 1.165) is 5.56 Å². The maximum Gasteiger partial charge on any atom is 0.0813 e. The fourth-order valence-corrected chi connectivity index (χ4v) is 1.89. The van der Waals surface area contributed by atoms with Gasteiger partial charge in [0.15, 0.2) is 0 Å². The second-order valence-corrected chi connectivity index (χ2v) is 3.99. The lowest BCUT2D eigenvalue weighted by atomic mass is 10.0. The summed E-state index contributed by atoms with van der Waals surface area (Å²) < 4.78 is 4.91. The molecule has 2 rings (SSSR count). The zero-order valence-electron chi connectivity index (χ0n) is 9.39. The Morgan fingerprint density at radius 2 is 1.88 bits per heavy atom. The second-order valence-electron chi connectivity index (χ2n) is 3.99.